The van der Waals surface area contributed by atoms with Gasteiger partial charge in [0.25, 0.3) is 11.8 Å². The van der Waals surface area contributed by atoms with Crippen molar-refractivity contribution in [1.29, 1.82) is 0 Å². The summed E-state index contributed by atoms with van der Waals surface area (Å²) in [7, 11) is 3.15. The third kappa shape index (κ3) is 3.28. The Morgan fingerprint density at radius 3 is 2.42 bits per heavy atom. The largest absolute Gasteiger partial charge is 0.481 e. The van der Waals surface area contributed by atoms with Crippen molar-refractivity contribution in [2.24, 2.45) is 5.92 Å². The molecule has 3 heterocycles. The number of hydrogen-bond donors (Lipinski definition) is 0. The maximum Gasteiger partial charge on any atom is 0.255 e. The van der Waals surface area contributed by atoms with Gasteiger partial charge in [0.1, 0.15) is 0 Å². The number of aromatic nitrogens is 1. The molecule has 2 amide bonds. The minimum Gasteiger partial charge on any atom is -0.481 e. The van der Waals surface area contributed by atoms with Crippen LogP contribution in [0.3, 0.4) is 0 Å². The summed E-state index contributed by atoms with van der Waals surface area (Å²) in [6.07, 6.45) is 2.96. The van der Waals surface area contributed by atoms with Crippen molar-refractivity contribution in [3.63, 3.8) is 0 Å². The number of hydrogen-bond acceptors (Lipinski definition) is 5. The lowest BCUT2D eigenvalue weighted by molar-refractivity contribution is -0.181. The summed E-state index contributed by atoms with van der Waals surface area (Å²) in [6, 6.07) is 3.73. The van der Waals surface area contributed by atoms with Crippen molar-refractivity contribution in [2.75, 3.05) is 27.3 Å². The normalized spacial score (nSPS) is 24.0. The van der Waals surface area contributed by atoms with Crippen molar-refractivity contribution in [1.82, 2.24) is 14.8 Å². The van der Waals surface area contributed by atoms with Crippen molar-refractivity contribution in [3.8, 4) is 5.88 Å². The number of nitrogens with zero attached hydrogens (tertiary/aromatic N) is 3. The van der Waals surface area contributed by atoms with Crippen LogP contribution < -0.4 is 4.74 Å². The van der Waals surface area contributed by atoms with E-state index in [9.17, 15) is 9.59 Å². The van der Waals surface area contributed by atoms with Crippen LogP contribution in [-0.4, -0.2) is 72.1 Å². The number of β-lactam (4-membered cyclic amide) rings is 1. The van der Waals surface area contributed by atoms with E-state index in [-0.39, 0.29) is 30.0 Å². The zero-order chi connectivity index (χ0) is 18.8. The summed E-state index contributed by atoms with van der Waals surface area (Å²) in [5.74, 6) is 0.926. The SMILES string of the molecule is COc1ccc(C(=O)N2CCC([C@H]3[C@@H](OC)C(=O)N3C(C)C)CC2)cn1. The molecule has 7 heteroatoms. The van der Waals surface area contributed by atoms with Gasteiger partial charge in [-0.3, -0.25) is 9.59 Å². The lowest BCUT2D eigenvalue weighted by Crippen LogP contribution is -2.70. The smallest absolute Gasteiger partial charge is 0.255 e. The Morgan fingerprint density at radius 1 is 1.23 bits per heavy atom. The average Bonchev–Trinajstić information content (AvgIpc) is 2.65. The zero-order valence-corrected chi connectivity index (χ0v) is 15.8. The van der Waals surface area contributed by atoms with Crippen molar-refractivity contribution in [2.45, 2.75) is 44.9 Å². The first-order valence-corrected chi connectivity index (χ1v) is 9.12. The molecule has 0 radical (unpaired) electrons. The number of carbonyl (C=O) groups excluding carboxylic acids is 2. The Morgan fingerprint density at radius 2 is 1.92 bits per heavy atom. The third-order valence-corrected chi connectivity index (χ3v) is 5.44. The van der Waals surface area contributed by atoms with Gasteiger partial charge in [-0.1, -0.05) is 0 Å². The van der Waals surface area contributed by atoms with Gasteiger partial charge in [-0.25, -0.2) is 4.98 Å². The van der Waals surface area contributed by atoms with E-state index < -0.39 is 0 Å². The van der Waals surface area contributed by atoms with Crippen molar-refractivity contribution < 1.29 is 19.1 Å². The quantitative estimate of drug-likeness (QED) is 0.745. The van der Waals surface area contributed by atoms with E-state index in [0.717, 1.165) is 12.8 Å². The molecular formula is C19H27N3O4. The molecule has 7 nitrogen and oxygen atoms in total. The molecule has 1 aromatic heterocycles. The van der Waals surface area contributed by atoms with Crippen molar-refractivity contribution >= 4 is 11.8 Å². The Labute approximate surface area is 154 Å². The highest BCUT2D eigenvalue weighted by atomic mass is 16.5. The van der Waals surface area contributed by atoms with E-state index in [2.05, 4.69) is 4.98 Å². The number of rotatable bonds is 5. The number of pyridine rings is 1. The molecular weight excluding hydrogens is 334 g/mol. The first kappa shape index (κ1) is 18.6. The van der Waals surface area contributed by atoms with Crippen LogP contribution in [0.5, 0.6) is 5.88 Å². The standard InChI is InChI=1S/C19H27N3O4/c1-12(2)22-16(17(26-4)19(22)24)13-7-9-21(10-8-13)18(23)14-5-6-15(25-3)20-11-14/h5-6,11-13,16-17H,7-10H2,1-4H3/t16-,17+/m0/s1. The first-order chi connectivity index (χ1) is 12.5. The van der Waals surface area contributed by atoms with Crippen LogP contribution in [0.1, 0.15) is 37.0 Å². The molecule has 2 saturated heterocycles. The van der Waals surface area contributed by atoms with Crippen LogP contribution in [0.25, 0.3) is 0 Å². The van der Waals surface area contributed by atoms with Gasteiger partial charge in [0.05, 0.1) is 18.7 Å². The van der Waals surface area contributed by atoms with Gasteiger partial charge in [-0.2, -0.15) is 0 Å². The van der Waals surface area contributed by atoms with Crippen LogP contribution in [0.4, 0.5) is 0 Å². The molecule has 26 heavy (non-hydrogen) atoms. The molecule has 0 unspecified atom stereocenters. The Hall–Kier alpha value is -2.15. The molecule has 2 aliphatic rings. The lowest BCUT2D eigenvalue weighted by atomic mass is 9.79. The van der Waals surface area contributed by atoms with E-state index in [1.165, 1.54) is 0 Å². The van der Waals surface area contributed by atoms with Gasteiger partial charge in [-0.15, -0.1) is 0 Å². The van der Waals surface area contributed by atoms with Gasteiger partial charge in [-0.05, 0) is 38.7 Å². The van der Waals surface area contributed by atoms with Crippen LogP contribution in [-0.2, 0) is 9.53 Å². The first-order valence-electron chi connectivity index (χ1n) is 9.12. The Kier molecular flexibility index (Phi) is 5.46. The van der Waals surface area contributed by atoms with E-state index in [1.807, 2.05) is 23.6 Å². The number of methoxy groups -OCH3 is 2. The average molecular weight is 361 g/mol. The molecule has 0 spiro atoms. The molecule has 142 valence electrons. The topological polar surface area (TPSA) is 72.0 Å². The molecule has 0 bridgehead atoms. The zero-order valence-electron chi connectivity index (χ0n) is 15.8. The second-order valence-electron chi connectivity index (χ2n) is 7.21. The lowest BCUT2D eigenvalue weighted by Gasteiger charge is -2.53. The number of ether oxygens (including phenoxy) is 2. The highest BCUT2D eigenvalue weighted by Gasteiger charge is 2.52. The predicted molar refractivity (Wildman–Crippen MR) is 96.0 cm³/mol. The molecule has 0 saturated carbocycles. The fraction of sp³-hybridized carbons (Fsp3) is 0.632. The molecule has 0 aromatic carbocycles. The maximum absolute atomic E-state index is 12.7. The van der Waals surface area contributed by atoms with E-state index in [0.29, 0.717) is 30.5 Å². The monoisotopic (exact) mass is 361 g/mol. The molecule has 1 aromatic rings. The van der Waals surface area contributed by atoms with Gasteiger partial charge in [0, 0.05) is 38.5 Å². The minimum atomic E-state index is -0.338. The van der Waals surface area contributed by atoms with E-state index in [4.69, 9.17) is 9.47 Å². The summed E-state index contributed by atoms with van der Waals surface area (Å²) in [5, 5.41) is 0. The molecule has 2 aliphatic heterocycles. The summed E-state index contributed by atoms with van der Waals surface area (Å²) in [5.41, 5.74) is 0.571. The maximum atomic E-state index is 12.7. The van der Waals surface area contributed by atoms with Gasteiger partial charge >= 0.3 is 0 Å². The Bertz CT molecular complexity index is 653. The molecule has 0 aliphatic carbocycles. The second kappa shape index (κ2) is 7.61. The fourth-order valence-electron chi connectivity index (χ4n) is 4.07. The highest BCUT2D eigenvalue weighted by Crippen LogP contribution is 2.36. The third-order valence-electron chi connectivity index (χ3n) is 5.44. The molecule has 3 rings (SSSR count). The number of piperidine rings is 1. The summed E-state index contributed by atoms with van der Waals surface area (Å²) < 4.78 is 10.5. The van der Waals surface area contributed by atoms with Crippen LogP contribution in [0.15, 0.2) is 18.3 Å². The summed E-state index contributed by atoms with van der Waals surface area (Å²) in [6.45, 7) is 5.43. The van der Waals surface area contributed by atoms with E-state index >= 15 is 0 Å². The molecule has 2 fully saturated rings. The van der Waals surface area contributed by atoms with Gasteiger partial charge in [0.2, 0.25) is 5.88 Å². The fourth-order valence-corrected chi connectivity index (χ4v) is 4.07. The number of likely N-dealkylation sites (tertiary alicyclic amines) is 2. The van der Waals surface area contributed by atoms with Crippen LogP contribution in [0.2, 0.25) is 0 Å². The highest BCUT2D eigenvalue weighted by molar-refractivity contribution is 5.94. The minimum absolute atomic E-state index is 0.00713. The molecule has 2 atom stereocenters. The van der Waals surface area contributed by atoms with Crippen LogP contribution in [0, 0.1) is 5.92 Å². The molecule has 0 N–H and O–H groups in total. The number of amides is 2. The van der Waals surface area contributed by atoms with E-state index in [1.54, 1.807) is 32.5 Å². The van der Waals surface area contributed by atoms with Gasteiger partial charge < -0.3 is 19.3 Å². The van der Waals surface area contributed by atoms with Crippen LogP contribution >= 0.6 is 0 Å². The predicted octanol–water partition coefficient (Wildman–Crippen LogP) is 1.58. The Balaban J connectivity index is 1.61. The summed E-state index contributed by atoms with van der Waals surface area (Å²) in [4.78, 5) is 32.8. The summed E-state index contributed by atoms with van der Waals surface area (Å²) >= 11 is 0. The number of carbonyl (C=O) groups is 2. The van der Waals surface area contributed by atoms with Gasteiger partial charge in [0.15, 0.2) is 6.10 Å². The second-order valence-corrected chi connectivity index (χ2v) is 7.21. The van der Waals surface area contributed by atoms with Crippen molar-refractivity contribution in [3.05, 3.63) is 23.9 Å².